The summed E-state index contributed by atoms with van der Waals surface area (Å²) in [6, 6.07) is 10.1. The van der Waals surface area contributed by atoms with Crippen LogP contribution in [0.15, 0.2) is 47.6 Å². The molecule has 1 fully saturated rings. The number of nitrogens with zero attached hydrogens (tertiary/aromatic N) is 3. The summed E-state index contributed by atoms with van der Waals surface area (Å²) >= 11 is 0. The lowest BCUT2D eigenvalue weighted by Gasteiger charge is -2.51. The number of piperidine rings is 1. The molecule has 6 nitrogen and oxygen atoms in total. The molecule has 0 aliphatic carbocycles. The van der Waals surface area contributed by atoms with Crippen LogP contribution in [0.4, 0.5) is 24.5 Å². The molecule has 3 aliphatic rings. The van der Waals surface area contributed by atoms with Gasteiger partial charge in [0.2, 0.25) is 0 Å². The maximum absolute atomic E-state index is 14.0. The Balaban J connectivity index is 1.54. The second-order valence-electron chi connectivity index (χ2n) is 9.26. The van der Waals surface area contributed by atoms with Gasteiger partial charge in [-0.05, 0) is 87.6 Å². The summed E-state index contributed by atoms with van der Waals surface area (Å²) in [5.74, 6) is -0.705. The van der Waals surface area contributed by atoms with Crippen LogP contribution in [0.25, 0.3) is 0 Å². The zero-order valence-corrected chi connectivity index (χ0v) is 19.6. The number of rotatable bonds is 3. The van der Waals surface area contributed by atoms with Crippen molar-refractivity contribution in [3.8, 4) is 0 Å². The molecule has 0 bridgehead atoms. The van der Waals surface area contributed by atoms with Crippen LogP contribution >= 0.6 is 0 Å². The fourth-order valence-electron chi connectivity index (χ4n) is 5.68. The summed E-state index contributed by atoms with van der Waals surface area (Å²) in [6.45, 7) is 4.45. The van der Waals surface area contributed by atoms with E-state index in [-0.39, 0.29) is 25.0 Å². The number of hydrogen-bond donors (Lipinski definition) is 0. The van der Waals surface area contributed by atoms with Crippen LogP contribution in [0.3, 0.4) is 0 Å². The minimum absolute atomic E-state index is 0.166. The van der Waals surface area contributed by atoms with Crippen LogP contribution in [0, 0.1) is 5.41 Å². The molecule has 184 valence electrons. The van der Waals surface area contributed by atoms with Crippen LogP contribution in [-0.2, 0) is 22.1 Å². The molecule has 0 N–H and O–H groups in total. The van der Waals surface area contributed by atoms with E-state index in [1.807, 2.05) is 0 Å². The van der Waals surface area contributed by atoms with E-state index in [9.17, 15) is 22.8 Å². The number of fused-ring (bicyclic) bond motifs is 4. The van der Waals surface area contributed by atoms with E-state index in [1.165, 1.54) is 11.1 Å². The summed E-state index contributed by atoms with van der Waals surface area (Å²) in [4.78, 5) is 28.1. The van der Waals surface area contributed by atoms with E-state index in [0.29, 0.717) is 29.1 Å². The van der Waals surface area contributed by atoms with Gasteiger partial charge in [0.15, 0.2) is 0 Å². The number of anilines is 2. The molecule has 0 saturated carbocycles. The lowest BCUT2D eigenvalue weighted by Crippen LogP contribution is -2.61. The summed E-state index contributed by atoms with van der Waals surface area (Å²) in [7, 11) is 0. The van der Waals surface area contributed by atoms with Crippen LogP contribution < -0.4 is 9.91 Å². The summed E-state index contributed by atoms with van der Waals surface area (Å²) in [5, 5.41) is 5.93. The Hall–Kier alpha value is -3.36. The van der Waals surface area contributed by atoms with E-state index in [0.717, 1.165) is 31.0 Å². The van der Waals surface area contributed by atoms with Gasteiger partial charge < -0.3 is 9.64 Å². The number of halogens is 3. The van der Waals surface area contributed by atoms with Crippen LogP contribution in [0.5, 0.6) is 0 Å². The molecule has 2 aromatic rings. The normalized spacial score (nSPS) is 23.7. The van der Waals surface area contributed by atoms with Gasteiger partial charge in [-0.15, -0.1) is 0 Å². The van der Waals surface area contributed by atoms with Crippen molar-refractivity contribution in [2.75, 3.05) is 23.1 Å². The third-order valence-corrected chi connectivity index (χ3v) is 7.35. The minimum atomic E-state index is -4.46. The smallest absolute Gasteiger partial charge is 0.416 e. The number of benzene rings is 2. The van der Waals surface area contributed by atoms with Gasteiger partial charge in [-0.2, -0.15) is 23.3 Å². The van der Waals surface area contributed by atoms with Crippen molar-refractivity contribution in [2.45, 2.75) is 51.7 Å². The molecule has 0 radical (unpaired) electrons. The van der Waals surface area contributed by atoms with Gasteiger partial charge in [0.1, 0.15) is 5.41 Å². The fourth-order valence-corrected chi connectivity index (χ4v) is 5.68. The molecule has 2 aromatic carbocycles. The highest BCUT2D eigenvalue weighted by molar-refractivity contribution is 6.20. The number of alkyl halides is 3. The first-order valence-electron chi connectivity index (χ1n) is 11.8. The Bertz CT molecular complexity index is 1210. The van der Waals surface area contributed by atoms with Gasteiger partial charge in [0.25, 0.3) is 5.91 Å². The van der Waals surface area contributed by atoms with E-state index in [2.05, 4.69) is 10.0 Å². The van der Waals surface area contributed by atoms with Gasteiger partial charge in [-0.1, -0.05) is 0 Å². The molecule has 9 heteroatoms. The molecule has 3 heterocycles. The van der Waals surface area contributed by atoms with Crippen LogP contribution in [0.2, 0.25) is 0 Å². The molecule has 2 atom stereocenters. The van der Waals surface area contributed by atoms with Gasteiger partial charge in [0, 0.05) is 18.3 Å². The number of ether oxygens (including phenoxy) is 1. The molecule has 35 heavy (non-hydrogen) atoms. The first-order valence-corrected chi connectivity index (χ1v) is 11.8. The first-order chi connectivity index (χ1) is 16.7. The highest BCUT2D eigenvalue weighted by Gasteiger charge is 2.59. The Morgan fingerprint density at radius 2 is 1.91 bits per heavy atom. The maximum atomic E-state index is 14.0. The number of carbonyl (C=O) groups excluding carboxylic acids is 2. The summed E-state index contributed by atoms with van der Waals surface area (Å²) in [6.07, 6.45) is -1.69. The zero-order chi connectivity index (χ0) is 25.0. The van der Waals surface area contributed by atoms with Crippen LogP contribution in [0.1, 0.15) is 54.6 Å². The van der Waals surface area contributed by atoms with E-state index in [1.54, 1.807) is 44.2 Å². The first kappa shape index (κ1) is 23.4. The molecular weight excluding hydrogens is 459 g/mol. The molecule has 0 unspecified atom stereocenters. The summed E-state index contributed by atoms with van der Waals surface area (Å²) in [5.41, 5.74) is 0.980. The molecule has 1 saturated heterocycles. The van der Waals surface area contributed by atoms with Crippen molar-refractivity contribution in [1.82, 2.24) is 0 Å². The monoisotopic (exact) mass is 485 g/mol. The Morgan fingerprint density at radius 3 is 2.60 bits per heavy atom. The van der Waals surface area contributed by atoms with Crippen molar-refractivity contribution in [2.24, 2.45) is 10.5 Å². The molecule has 5 rings (SSSR count). The quantitative estimate of drug-likeness (QED) is 0.561. The van der Waals surface area contributed by atoms with Crippen molar-refractivity contribution in [3.05, 3.63) is 59.2 Å². The SMILES string of the molecule is CCOC(=O)c1ccc(N2N=C(C)[C@]3(Cc4cc(C(F)(F)F)ccc4N4CCCC[C@@H]43)C2=O)cc1. The molecule has 1 amide bonds. The number of hydrogen-bond acceptors (Lipinski definition) is 5. The Morgan fingerprint density at radius 1 is 1.17 bits per heavy atom. The summed E-state index contributed by atoms with van der Waals surface area (Å²) < 4.78 is 45.5. The van der Waals surface area contributed by atoms with Gasteiger partial charge >= 0.3 is 12.1 Å². The lowest BCUT2D eigenvalue weighted by molar-refractivity contribution is -0.137. The average Bonchev–Trinajstić information content (AvgIpc) is 3.09. The molecule has 1 spiro atoms. The van der Waals surface area contributed by atoms with Crippen molar-refractivity contribution >= 4 is 29.0 Å². The lowest BCUT2D eigenvalue weighted by atomic mass is 9.65. The maximum Gasteiger partial charge on any atom is 0.416 e. The van der Waals surface area contributed by atoms with Gasteiger partial charge in [-0.25, -0.2) is 4.79 Å². The second-order valence-corrected chi connectivity index (χ2v) is 9.26. The van der Waals surface area contributed by atoms with E-state index >= 15 is 0 Å². The minimum Gasteiger partial charge on any atom is -0.462 e. The van der Waals surface area contributed by atoms with E-state index < -0.39 is 23.1 Å². The highest BCUT2D eigenvalue weighted by atomic mass is 19.4. The molecule has 0 aromatic heterocycles. The molecule has 3 aliphatic heterocycles. The van der Waals surface area contributed by atoms with Crippen molar-refractivity contribution in [1.29, 1.82) is 0 Å². The topological polar surface area (TPSA) is 62.2 Å². The second kappa shape index (κ2) is 8.39. The van der Waals surface area contributed by atoms with Crippen LogP contribution in [-0.4, -0.2) is 36.8 Å². The largest absolute Gasteiger partial charge is 0.462 e. The Kier molecular flexibility index (Phi) is 5.61. The van der Waals surface area contributed by atoms with Gasteiger partial charge in [0.05, 0.1) is 29.1 Å². The van der Waals surface area contributed by atoms with Gasteiger partial charge in [-0.3, -0.25) is 4.79 Å². The molecular formula is C26H26F3N3O3. The number of hydrazone groups is 1. The predicted octanol–water partition coefficient (Wildman–Crippen LogP) is 5.21. The standard InChI is InChI=1S/C26H26F3N3O3/c1-3-35-23(33)17-7-10-20(11-8-17)32-24(34)25(16(2)30-32)15-18-14-19(26(27,28)29)9-12-21(18)31-13-5-4-6-22(25)31/h7-12,14,22H,3-6,13,15H2,1-2H3/t22-,25+/m1/s1. The third-order valence-electron chi connectivity index (χ3n) is 7.35. The Labute approximate surface area is 201 Å². The van der Waals surface area contributed by atoms with E-state index in [4.69, 9.17) is 4.74 Å². The highest BCUT2D eigenvalue weighted by Crippen LogP contribution is 2.50. The average molecular weight is 486 g/mol. The third kappa shape index (κ3) is 3.68. The number of esters is 1. The van der Waals surface area contributed by atoms with Crippen molar-refractivity contribution in [3.63, 3.8) is 0 Å². The zero-order valence-electron chi connectivity index (χ0n) is 19.6. The number of carbonyl (C=O) groups is 2. The van der Waals surface area contributed by atoms with Crippen molar-refractivity contribution < 1.29 is 27.5 Å². The fraction of sp³-hybridized carbons (Fsp3) is 0.423. The predicted molar refractivity (Wildman–Crippen MR) is 126 cm³/mol. The number of amides is 1.